The fourth-order valence-corrected chi connectivity index (χ4v) is 1.81. The minimum absolute atomic E-state index is 0.0576. The standard InChI is InChI=1S/C13H16N2O4/c1-3-19-14-12(16)7-15-10-6-9(2)4-5-11(10)18-8-13(15)17/h4-6H,3,7-8H2,1-2H3,(H,14,16). The van der Waals surface area contributed by atoms with Gasteiger partial charge in [0.05, 0.1) is 12.3 Å². The molecule has 1 aliphatic heterocycles. The predicted molar refractivity (Wildman–Crippen MR) is 68.8 cm³/mol. The van der Waals surface area contributed by atoms with Crippen LogP contribution in [0.5, 0.6) is 5.75 Å². The normalized spacial score (nSPS) is 13.8. The summed E-state index contributed by atoms with van der Waals surface area (Å²) in [6, 6.07) is 5.51. The maximum atomic E-state index is 11.9. The molecular formula is C13H16N2O4. The van der Waals surface area contributed by atoms with Gasteiger partial charge in [0.2, 0.25) is 0 Å². The molecule has 0 saturated carbocycles. The molecule has 19 heavy (non-hydrogen) atoms. The van der Waals surface area contributed by atoms with Crippen molar-refractivity contribution in [3.8, 4) is 5.75 Å². The van der Waals surface area contributed by atoms with Gasteiger partial charge in [0.25, 0.3) is 11.8 Å². The quantitative estimate of drug-likeness (QED) is 0.816. The molecule has 0 spiro atoms. The summed E-state index contributed by atoms with van der Waals surface area (Å²) in [4.78, 5) is 29.7. The number of nitrogens with zero attached hydrogens (tertiary/aromatic N) is 1. The topological polar surface area (TPSA) is 67.9 Å². The Morgan fingerprint density at radius 1 is 1.53 bits per heavy atom. The van der Waals surface area contributed by atoms with Crippen LogP contribution in [-0.2, 0) is 14.4 Å². The molecule has 0 fully saturated rings. The monoisotopic (exact) mass is 264 g/mol. The molecule has 0 saturated heterocycles. The lowest BCUT2D eigenvalue weighted by molar-refractivity contribution is -0.133. The summed E-state index contributed by atoms with van der Waals surface area (Å²) in [7, 11) is 0. The SMILES string of the molecule is CCONC(=O)CN1C(=O)COc2ccc(C)cc21. The maximum absolute atomic E-state index is 11.9. The maximum Gasteiger partial charge on any atom is 0.265 e. The van der Waals surface area contributed by atoms with Crippen molar-refractivity contribution in [1.82, 2.24) is 5.48 Å². The van der Waals surface area contributed by atoms with Crippen LogP contribution >= 0.6 is 0 Å². The summed E-state index contributed by atoms with van der Waals surface area (Å²) >= 11 is 0. The summed E-state index contributed by atoms with van der Waals surface area (Å²) in [5.41, 5.74) is 3.88. The number of anilines is 1. The lowest BCUT2D eigenvalue weighted by Crippen LogP contribution is -2.45. The molecular weight excluding hydrogens is 248 g/mol. The van der Waals surface area contributed by atoms with E-state index in [1.54, 1.807) is 13.0 Å². The van der Waals surface area contributed by atoms with Gasteiger partial charge in [-0.3, -0.25) is 19.3 Å². The molecule has 0 aliphatic carbocycles. The van der Waals surface area contributed by atoms with Crippen LogP contribution in [0.4, 0.5) is 5.69 Å². The second kappa shape index (κ2) is 5.71. The minimum Gasteiger partial charge on any atom is -0.482 e. The van der Waals surface area contributed by atoms with Crippen LogP contribution in [0.2, 0.25) is 0 Å². The number of ether oxygens (including phenoxy) is 1. The number of carbonyl (C=O) groups is 2. The Kier molecular flexibility index (Phi) is 4.01. The number of nitrogens with one attached hydrogen (secondary N) is 1. The van der Waals surface area contributed by atoms with Gasteiger partial charge in [-0.15, -0.1) is 0 Å². The lowest BCUT2D eigenvalue weighted by Gasteiger charge is -2.29. The number of hydrogen-bond donors (Lipinski definition) is 1. The summed E-state index contributed by atoms with van der Waals surface area (Å²) < 4.78 is 5.33. The fraction of sp³-hybridized carbons (Fsp3) is 0.385. The Morgan fingerprint density at radius 2 is 2.32 bits per heavy atom. The molecule has 1 N–H and O–H groups in total. The van der Waals surface area contributed by atoms with Gasteiger partial charge in [-0.05, 0) is 31.5 Å². The Hall–Kier alpha value is -2.08. The first kappa shape index (κ1) is 13.4. The second-order valence-corrected chi connectivity index (χ2v) is 4.20. The van der Waals surface area contributed by atoms with Crippen molar-refractivity contribution < 1.29 is 19.2 Å². The van der Waals surface area contributed by atoms with E-state index >= 15 is 0 Å². The number of aryl methyl sites for hydroxylation is 1. The van der Waals surface area contributed by atoms with E-state index in [4.69, 9.17) is 9.57 Å². The van der Waals surface area contributed by atoms with Crippen LogP contribution in [0.15, 0.2) is 18.2 Å². The zero-order valence-electron chi connectivity index (χ0n) is 10.9. The molecule has 0 aromatic heterocycles. The van der Waals surface area contributed by atoms with Gasteiger partial charge < -0.3 is 4.74 Å². The first-order valence-electron chi connectivity index (χ1n) is 6.06. The van der Waals surface area contributed by atoms with Crippen molar-refractivity contribution in [2.24, 2.45) is 0 Å². The number of amides is 2. The number of hydroxylamine groups is 1. The molecule has 2 amide bonds. The molecule has 6 heteroatoms. The fourth-order valence-electron chi connectivity index (χ4n) is 1.81. The van der Waals surface area contributed by atoms with E-state index < -0.39 is 0 Å². The summed E-state index contributed by atoms with van der Waals surface area (Å²) in [6.45, 7) is 3.91. The molecule has 102 valence electrons. The van der Waals surface area contributed by atoms with E-state index in [1.807, 2.05) is 19.1 Å². The van der Waals surface area contributed by atoms with Gasteiger partial charge in [0.15, 0.2) is 6.61 Å². The summed E-state index contributed by atoms with van der Waals surface area (Å²) in [5, 5.41) is 0. The molecule has 0 radical (unpaired) electrons. The molecule has 0 unspecified atom stereocenters. The molecule has 2 rings (SSSR count). The smallest absolute Gasteiger partial charge is 0.265 e. The van der Waals surface area contributed by atoms with Crippen molar-refractivity contribution in [3.05, 3.63) is 23.8 Å². The van der Waals surface area contributed by atoms with Crippen LogP contribution in [-0.4, -0.2) is 31.6 Å². The van der Waals surface area contributed by atoms with Gasteiger partial charge in [-0.1, -0.05) is 6.07 Å². The number of benzene rings is 1. The summed E-state index contributed by atoms with van der Waals surface area (Å²) in [5.74, 6) is -0.0104. The van der Waals surface area contributed by atoms with Gasteiger partial charge in [0.1, 0.15) is 12.3 Å². The molecule has 6 nitrogen and oxygen atoms in total. The zero-order valence-corrected chi connectivity index (χ0v) is 10.9. The molecule has 0 bridgehead atoms. The average molecular weight is 264 g/mol. The number of fused-ring (bicyclic) bond motifs is 1. The Morgan fingerprint density at radius 3 is 3.05 bits per heavy atom. The highest BCUT2D eigenvalue weighted by Crippen LogP contribution is 2.32. The van der Waals surface area contributed by atoms with Crippen molar-refractivity contribution >= 4 is 17.5 Å². The van der Waals surface area contributed by atoms with Crippen molar-refractivity contribution in [1.29, 1.82) is 0 Å². The first-order valence-corrected chi connectivity index (χ1v) is 6.06. The minimum atomic E-state index is -0.371. The molecule has 1 aliphatic rings. The first-order chi connectivity index (χ1) is 9.11. The number of carbonyl (C=O) groups excluding carboxylic acids is 2. The van der Waals surface area contributed by atoms with E-state index in [1.165, 1.54) is 4.90 Å². The largest absolute Gasteiger partial charge is 0.482 e. The van der Waals surface area contributed by atoms with Crippen LogP contribution in [0.25, 0.3) is 0 Å². The molecule has 1 aromatic carbocycles. The number of rotatable bonds is 4. The van der Waals surface area contributed by atoms with Gasteiger partial charge in [-0.2, -0.15) is 0 Å². The van der Waals surface area contributed by atoms with Crippen molar-refractivity contribution in [2.45, 2.75) is 13.8 Å². The van der Waals surface area contributed by atoms with Crippen molar-refractivity contribution in [3.63, 3.8) is 0 Å². The number of hydrogen-bond acceptors (Lipinski definition) is 4. The van der Waals surface area contributed by atoms with E-state index in [-0.39, 0.29) is 25.0 Å². The van der Waals surface area contributed by atoms with Gasteiger partial charge in [-0.25, -0.2) is 5.48 Å². The van der Waals surface area contributed by atoms with E-state index in [9.17, 15) is 9.59 Å². The highest BCUT2D eigenvalue weighted by atomic mass is 16.6. The Balaban J connectivity index is 2.18. The molecule has 0 atom stereocenters. The Bertz CT molecular complexity index is 501. The third-order valence-electron chi connectivity index (χ3n) is 2.69. The highest BCUT2D eigenvalue weighted by molar-refractivity contribution is 6.02. The Labute approximate surface area is 111 Å². The average Bonchev–Trinajstić information content (AvgIpc) is 2.40. The van der Waals surface area contributed by atoms with Crippen LogP contribution in [0, 0.1) is 6.92 Å². The molecule has 1 heterocycles. The second-order valence-electron chi connectivity index (χ2n) is 4.20. The van der Waals surface area contributed by atoms with Crippen LogP contribution in [0.1, 0.15) is 12.5 Å². The third-order valence-corrected chi connectivity index (χ3v) is 2.69. The van der Waals surface area contributed by atoms with Gasteiger partial charge >= 0.3 is 0 Å². The zero-order chi connectivity index (χ0) is 13.8. The lowest BCUT2D eigenvalue weighted by atomic mass is 10.1. The van der Waals surface area contributed by atoms with Gasteiger partial charge in [0, 0.05) is 0 Å². The predicted octanol–water partition coefficient (Wildman–Crippen LogP) is 0.788. The van der Waals surface area contributed by atoms with Crippen LogP contribution in [0.3, 0.4) is 0 Å². The van der Waals surface area contributed by atoms with Crippen LogP contribution < -0.4 is 15.1 Å². The molecule has 1 aromatic rings. The highest BCUT2D eigenvalue weighted by Gasteiger charge is 2.27. The van der Waals surface area contributed by atoms with E-state index in [0.717, 1.165) is 5.56 Å². The van der Waals surface area contributed by atoms with Crippen molar-refractivity contribution in [2.75, 3.05) is 24.7 Å². The van der Waals surface area contributed by atoms with E-state index in [2.05, 4.69) is 5.48 Å². The summed E-state index contributed by atoms with van der Waals surface area (Å²) in [6.07, 6.45) is 0. The third kappa shape index (κ3) is 3.03. The van der Waals surface area contributed by atoms with E-state index in [0.29, 0.717) is 18.0 Å².